The second kappa shape index (κ2) is 7.47. The minimum absolute atomic E-state index is 0.670. The number of likely N-dealkylation sites (N-methyl/N-ethyl adjacent to an activating group) is 1. The molecule has 0 aliphatic carbocycles. The molecule has 0 radical (unpaired) electrons. The average Bonchev–Trinajstić information content (AvgIpc) is 2.85. The Bertz CT molecular complexity index is 622. The van der Waals surface area contributed by atoms with Crippen LogP contribution in [-0.2, 0) is 13.0 Å². The molecule has 0 amide bonds. The van der Waals surface area contributed by atoms with Crippen LogP contribution in [0.1, 0.15) is 12.2 Å². The molecule has 1 aromatic heterocycles. The fourth-order valence-corrected chi connectivity index (χ4v) is 2.50. The molecule has 2 rings (SSSR count). The molecule has 0 atom stereocenters. The topological polar surface area (TPSA) is 65.5 Å². The monoisotopic (exact) mass is 306 g/mol. The Hall–Kier alpha value is -1.79. The van der Waals surface area contributed by atoms with Crippen LogP contribution in [0.3, 0.4) is 0 Å². The van der Waals surface area contributed by atoms with Crippen molar-refractivity contribution in [1.82, 2.24) is 14.5 Å². The molecule has 0 saturated carbocycles. The van der Waals surface area contributed by atoms with E-state index in [9.17, 15) is 0 Å². The third-order valence-corrected chi connectivity index (χ3v) is 3.71. The summed E-state index contributed by atoms with van der Waals surface area (Å²) in [4.78, 5) is 6.93. The summed E-state index contributed by atoms with van der Waals surface area (Å²) in [6, 6.07) is 3.94. The summed E-state index contributed by atoms with van der Waals surface area (Å²) >= 11 is 0. The summed E-state index contributed by atoms with van der Waals surface area (Å²) in [7, 11) is 7.44. The van der Waals surface area contributed by atoms with Crippen LogP contribution < -0.4 is 15.2 Å². The van der Waals surface area contributed by atoms with Gasteiger partial charge in [0.05, 0.1) is 25.3 Å². The highest BCUT2D eigenvalue weighted by Gasteiger charge is 2.15. The first-order valence-corrected chi connectivity index (χ1v) is 7.56. The lowest BCUT2D eigenvalue weighted by molar-refractivity contribution is 0.355. The molecule has 1 heterocycles. The van der Waals surface area contributed by atoms with Crippen molar-refractivity contribution in [2.24, 2.45) is 5.73 Å². The molecular weight excluding hydrogens is 280 g/mol. The minimum Gasteiger partial charge on any atom is -0.493 e. The molecular formula is C16H26N4O2. The number of imidazole rings is 1. The molecule has 1 aromatic carbocycles. The largest absolute Gasteiger partial charge is 0.493 e. The Labute approximate surface area is 131 Å². The fourth-order valence-electron chi connectivity index (χ4n) is 2.50. The van der Waals surface area contributed by atoms with E-state index >= 15 is 0 Å². The van der Waals surface area contributed by atoms with Crippen molar-refractivity contribution in [2.45, 2.75) is 19.4 Å². The number of hydrogen-bond acceptors (Lipinski definition) is 5. The predicted octanol–water partition coefficient (Wildman–Crippen LogP) is 1.51. The van der Waals surface area contributed by atoms with Crippen LogP contribution in [0.2, 0.25) is 0 Å². The molecule has 2 N–H and O–H groups in total. The lowest BCUT2D eigenvalue weighted by atomic mass is 10.2. The van der Waals surface area contributed by atoms with Gasteiger partial charge in [-0.15, -0.1) is 0 Å². The van der Waals surface area contributed by atoms with Crippen molar-refractivity contribution in [3.63, 3.8) is 0 Å². The highest BCUT2D eigenvalue weighted by molar-refractivity contribution is 5.80. The maximum Gasteiger partial charge on any atom is 0.163 e. The van der Waals surface area contributed by atoms with E-state index in [1.54, 1.807) is 14.2 Å². The van der Waals surface area contributed by atoms with Crippen LogP contribution in [0.25, 0.3) is 11.0 Å². The number of fused-ring (bicyclic) bond motifs is 1. The van der Waals surface area contributed by atoms with Crippen molar-refractivity contribution < 1.29 is 9.47 Å². The third-order valence-electron chi connectivity index (χ3n) is 3.71. The Kier molecular flexibility index (Phi) is 5.63. The Balaban J connectivity index is 2.48. The van der Waals surface area contributed by atoms with Gasteiger partial charge in [-0.3, -0.25) is 0 Å². The van der Waals surface area contributed by atoms with E-state index < -0.39 is 0 Å². The molecule has 0 aliphatic heterocycles. The summed E-state index contributed by atoms with van der Waals surface area (Å²) in [6.07, 6.45) is 1.81. The second-order valence-electron chi connectivity index (χ2n) is 5.57. The first-order valence-electron chi connectivity index (χ1n) is 7.56. The van der Waals surface area contributed by atoms with Crippen LogP contribution in [-0.4, -0.2) is 55.9 Å². The molecule has 0 fully saturated rings. The van der Waals surface area contributed by atoms with Crippen molar-refractivity contribution in [1.29, 1.82) is 0 Å². The number of benzene rings is 1. The van der Waals surface area contributed by atoms with Gasteiger partial charge in [-0.05, 0) is 27.1 Å². The summed E-state index contributed by atoms with van der Waals surface area (Å²) in [5.41, 5.74) is 7.66. The molecule has 0 aliphatic rings. The molecule has 6 heteroatoms. The molecule has 0 bridgehead atoms. The highest BCUT2D eigenvalue weighted by Crippen LogP contribution is 2.32. The van der Waals surface area contributed by atoms with Crippen LogP contribution >= 0.6 is 0 Å². The molecule has 0 spiro atoms. The van der Waals surface area contributed by atoms with Crippen molar-refractivity contribution >= 4 is 11.0 Å². The van der Waals surface area contributed by atoms with E-state index in [4.69, 9.17) is 20.2 Å². The molecule has 2 aromatic rings. The molecule has 122 valence electrons. The number of aromatic nitrogens is 2. The Morgan fingerprint density at radius 1 is 1.18 bits per heavy atom. The normalized spacial score (nSPS) is 11.4. The number of aryl methyl sites for hydroxylation is 1. The maximum absolute atomic E-state index is 5.65. The van der Waals surface area contributed by atoms with Crippen molar-refractivity contribution in [3.8, 4) is 11.5 Å². The number of ether oxygens (including phenoxy) is 2. The van der Waals surface area contributed by atoms with Gasteiger partial charge in [-0.2, -0.15) is 0 Å². The van der Waals surface area contributed by atoms with Crippen LogP contribution in [0, 0.1) is 0 Å². The smallest absolute Gasteiger partial charge is 0.163 e. The van der Waals surface area contributed by atoms with Gasteiger partial charge in [0.15, 0.2) is 11.5 Å². The van der Waals surface area contributed by atoms with E-state index in [0.717, 1.165) is 48.5 Å². The van der Waals surface area contributed by atoms with E-state index in [1.165, 1.54) is 0 Å². The first-order chi connectivity index (χ1) is 10.6. The lowest BCUT2D eigenvalue weighted by Gasteiger charge is -2.14. The molecule has 0 unspecified atom stereocenters. The van der Waals surface area contributed by atoms with Gasteiger partial charge in [-0.25, -0.2) is 4.98 Å². The lowest BCUT2D eigenvalue weighted by Crippen LogP contribution is -2.19. The first kappa shape index (κ1) is 16.6. The highest BCUT2D eigenvalue weighted by atomic mass is 16.5. The molecule has 22 heavy (non-hydrogen) atoms. The van der Waals surface area contributed by atoms with E-state index in [0.29, 0.717) is 12.3 Å². The van der Waals surface area contributed by atoms with Crippen LogP contribution in [0.5, 0.6) is 11.5 Å². The Morgan fingerprint density at radius 2 is 1.86 bits per heavy atom. The number of rotatable bonds is 8. The van der Waals surface area contributed by atoms with Crippen molar-refractivity contribution in [2.75, 3.05) is 41.4 Å². The van der Waals surface area contributed by atoms with Gasteiger partial charge in [-0.1, -0.05) is 0 Å². The summed E-state index contributed by atoms with van der Waals surface area (Å²) in [5.74, 6) is 2.50. The van der Waals surface area contributed by atoms with E-state index in [-0.39, 0.29) is 0 Å². The second-order valence-corrected chi connectivity index (χ2v) is 5.57. The van der Waals surface area contributed by atoms with Crippen molar-refractivity contribution in [3.05, 3.63) is 18.0 Å². The summed E-state index contributed by atoms with van der Waals surface area (Å²) in [6.45, 7) is 2.51. The van der Waals surface area contributed by atoms with Gasteiger partial charge < -0.3 is 24.7 Å². The van der Waals surface area contributed by atoms with Gasteiger partial charge in [0.1, 0.15) is 5.82 Å². The zero-order chi connectivity index (χ0) is 16.1. The molecule has 6 nitrogen and oxygen atoms in total. The number of hydrogen-bond donors (Lipinski definition) is 1. The maximum atomic E-state index is 5.65. The zero-order valence-corrected chi connectivity index (χ0v) is 13.9. The fraction of sp³-hybridized carbons (Fsp3) is 0.562. The quantitative estimate of drug-likeness (QED) is 0.801. The zero-order valence-electron chi connectivity index (χ0n) is 13.9. The number of methoxy groups -OCH3 is 2. The predicted molar refractivity (Wildman–Crippen MR) is 88.8 cm³/mol. The van der Waals surface area contributed by atoms with E-state index in [1.807, 2.05) is 12.1 Å². The van der Waals surface area contributed by atoms with Gasteiger partial charge in [0.2, 0.25) is 0 Å². The minimum atomic E-state index is 0.670. The van der Waals surface area contributed by atoms with Gasteiger partial charge >= 0.3 is 0 Å². The van der Waals surface area contributed by atoms with Gasteiger partial charge in [0.25, 0.3) is 0 Å². The van der Waals surface area contributed by atoms with E-state index in [2.05, 4.69) is 23.6 Å². The van der Waals surface area contributed by atoms with Crippen LogP contribution in [0.4, 0.5) is 0 Å². The SMILES string of the molecule is COc1cc2nc(CCCN)n(CCN(C)C)c2cc1OC. The average molecular weight is 306 g/mol. The third kappa shape index (κ3) is 3.51. The number of nitrogens with two attached hydrogens (primary N) is 1. The Morgan fingerprint density at radius 3 is 2.45 bits per heavy atom. The standard InChI is InChI=1S/C16H26N4O2/c1-19(2)8-9-20-13-11-15(22-4)14(21-3)10-12(13)18-16(20)6-5-7-17/h10-11H,5-9,17H2,1-4H3. The van der Waals surface area contributed by atoms with Crippen LogP contribution in [0.15, 0.2) is 12.1 Å². The summed E-state index contributed by atoms with van der Waals surface area (Å²) in [5, 5.41) is 0. The summed E-state index contributed by atoms with van der Waals surface area (Å²) < 4.78 is 13.0. The number of nitrogens with zero attached hydrogens (tertiary/aromatic N) is 3. The molecule has 0 saturated heterocycles. The van der Waals surface area contributed by atoms with Gasteiger partial charge in [0, 0.05) is 31.6 Å².